The van der Waals surface area contributed by atoms with Gasteiger partial charge in [0.2, 0.25) is 0 Å². The van der Waals surface area contributed by atoms with Crippen LogP contribution in [0.4, 0.5) is 0 Å². The molecule has 0 aliphatic carbocycles. The van der Waals surface area contributed by atoms with Crippen molar-refractivity contribution >= 4 is 11.9 Å². The molecular weight excluding hydrogens is 232 g/mol. The summed E-state index contributed by atoms with van der Waals surface area (Å²) in [6.07, 6.45) is 1.38. The maximum Gasteiger partial charge on any atom is 0.323 e. The van der Waals surface area contributed by atoms with E-state index in [4.69, 9.17) is 4.74 Å². The highest BCUT2D eigenvalue weighted by atomic mass is 16.5. The number of carboxylic acid groups (broad SMARTS) is 1. The van der Waals surface area contributed by atoms with Gasteiger partial charge in [0.05, 0.1) is 6.61 Å². The average molecular weight is 258 g/mol. The second-order valence-electron chi connectivity index (χ2n) is 5.64. The molecule has 0 rings (SSSR count). The van der Waals surface area contributed by atoms with Gasteiger partial charge in [-0.3, -0.25) is 9.59 Å². The normalized spacial score (nSPS) is 14.6. The van der Waals surface area contributed by atoms with Gasteiger partial charge in [-0.05, 0) is 38.0 Å². The van der Waals surface area contributed by atoms with Crippen LogP contribution in [0.5, 0.6) is 0 Å². The molecule has 0 saturated heterocycles. The molecule has 0 spiro atoms. The maximum atomic E-state index is 12.1. The highest BCUT2D eigenvalue weighted by Gasteiger charge is 2.47. The zero-order valence-corrected chi connectivity index (χ0v) is 12.2. The van der Waals surface area contributed by atoms with E-state index >= 15 is 0 Å². The first kappa shape index (κ1) is 16.9. The number of hydrogen-bond donors (Lipinski definition) is 1. The monoisotopic (exact) mass is 258 g/mol. The number of rotatable bonds is 8. The Kier molecular flexibility index (Phi) is 6.96. The summed E-state index contributed by atoms with van der Waals surface area (Å²) >= 11 is 0. The van der Waals surface area contributed by atoms with Crippen LogP contribution in [0.25, 0.3) is 0 Å². The van der Waals surface area contributed by atoms with Gasteiger partial charge in [-0.2, -0.15) is 0 Å². The largest absolute Gasteiger partial charge is 0.480 e. The molecule has 106 valence electrons. The molecule has 1 unspecified atom stereocenters. The third-order valence-electron chi connectivity index (χ3n) is 2.98. The summed E-state index contributed by atoms with van der Waals surface area (Å²) in [6.45, 7) is 9.80. The van der Waals surface area contributed by atoms with E-state index in [1.165, 1.54) is 0 Å². The van der Waals surface area contributed by atoms with Crippen LogP contribution in [0.3, 0.4) is 0 Å². The molecule has 1 N–H and O–H groups in total. The van der Waals surface area contributed by atoms with Gasteiger partial charge in [0.25, 0.3) is 0 Å². The third-order valence-corrected chi connectivity index (χ3v) is 2.98. The first-order valence-electron chi connectivity index (χ1n) is 6.66. The second kappa shape index (κ2) is 7.39. The number of carbonyl (C=O) groups excluding carboxylic acids is 1. The van der Waals surface area contributed by atoms with Crippen molar-refractivity contribution in [2.75, 3.05) is 6.61 Å². The maximum absolute atomic E-state index is 12.1. The predicted octanol–water partition coefficient (Wildman–Crippen LogP) is 3.10. The summed E-state index contributed by atoms with van der Waals surface area (Å²) in [5.41, 5.74) is -1.38. The molecule has 0 bridgehead atoms. The van der Waals surface area contributed by atoms with Crippen molar-refractivity contribution in [3.63, 3.8) is 0 Å². The van der Waals surface area contributed by atoms with Crippen molar-refractivity contribution in [3.8, 4) is 0 Å². The summed E-state index contributed by atoms with van der Waals surface area (Å²) in [7, 11) is 0. The molecular formula is C14H26O4. The van der Waals surface area contributed by atoms with Crippen LogP contribution in [0.2, 0.25) is 0 Å². The van der Waals surface area contributed by atoms with Gasteiger partial charge in [-0.1, -0.05) is 27.7 Å². The van der Waals surface area contributed by atoms with Crippen molar-refractivity contribution in [2.24, 2.45) is 17.3 Å². The van der Waals surface area contributed by atoms with Gasteiger partial charge in [0.15, 0.2) is 5.41 Å². The SMILES string of the molecule is CCOC(=O)C(CCC(C)C)(CC(C)C)C(=O)O. The van der Waals surface area contributed by atoms with Gasteiger partial charge < -0.3 is 9.84 Å². The zero-order valence-electron chi connectivity index (χ0n) is 12.2. The molecule has 1 atom stereocenters. The molecule has 0 aromatic carbocycles. The Bertz CT molecular complexity index is 284. The molecule has 4 heteroatoms. The summed E-state index contributed by atoms with van der Waals surface area (Å²) in [5, 5.41) is 9.48. The summed E-state index contributed by atoms with van der Waals surface area (Å²) < 4.78 is 4.98. The van der Waals surface area contributed by atoms with E-state index in [1.54, 1.807) is 6.92 Å². The van der Waals surface area contributed by atoms with Crippen molar-refractivity contribution in [3.05, 3.63) is 0 Å². The van der Waals surface area contributed by atoms with E-state index in [1.807, 2.05) is 27.7 Å². The fourth-order valence-electron chi connectivity index (χ4n) is 2.07. The molecule has 4 nitrogen and oxygen atoms in total. The lowest BCUT2D eigenvalue weighted by Crippen LogP contribution is -2.42. The first-order valence-corrected chi connectivity index (χ1v) is 6.66. The van der Waals surface area contributed by atoms with Crippen molar-refractivity contribution in [2.45, 2.75) is 53.9 Å². The van der Waals surface area contributed by atoms with E-state index < -0.39 is 17.4 Å². The molecule has 0 aliphatic rings. The Labute approximate surface area is 110 Å². The lowest BCUT2D eigenvalue weighted by molar-refractivity contribution is -0.171. The molecule has 0 heterocycles. The van der Waals surface area contributed by atoms with Gasteiger partial charge in [-0.15, -0.1) is 0 Å². The minimum Gasteiger partial charge on any atom is -0.480 e. The number of carbonyl (C=O) groups is 2. The van der Waals surface area contributed by atoms with E-state index in [0.717, 1.165) is 0 Å². The number of aliphatic carboxylic acids is 1. The Hall–Kier alpha value is -1.06. The number of esters is 1. The van der Waals surface area contributed by atoms with Gasteiger partial charge in [0.1, 0.15) is 0 Å². The third kappa shape index (κ3) is 4.67. The van der Waals surface area contributed by atoms with Crippen LogP contribution in [-0.4, -0.2) is 23.7 Å². The molecule has 18 heavy (non-hydrogen) atoms. The minimum absolute atomic E-state index is 0.137. The van der Waals surface area contributed by atoms with Gasteiger partial charge >= 0.3 is 11.9 Å². The summed E-state index contributed by atoms with van der Waals surface area (Å²) in [5.74, 6) is -1.15. The molecule has 0 amide bonds. The Morgan fingerprint density at radius 1 is 1.17 bits per heavy atom. The van der Waals surface area contributed by atoms with E-state index in [9.17, 15) is 14.7 Å². The number of ether oxygens (including phenoxy) is 1. The van der Waals surface area contributed by atoms with E-state index in [-0.39, 0.29) is 12.5 Å². The molecule has 0 radical (unpaired) electrons. The van der Waals surface area contributed by atoms with Gasteiger partial charge in [-0.25, -0.2) is 0 Å². The minimum atomic E-state index is -1.38. The first-order chi connectivity index (χ1) is 8.26. The van der Waals surface area contributed by atoms with Crippen LogP contribution >= 0.6 is 0 Å². The van der Waals surface area contributed by atoms with Crippen molar-refractivity contribution in [1.29, 1.82) is 0 Å². The van der Waals surface area contributed by atoms with Crippen LogP contribution in [0.15, 0.2) is 0 Å². The molecule has 0 aromatic heterocycles. The standard InChI is InChI=1S/C14H26O4/c1-6-18-13(17)14(12(15)16,9-11(4)5)8-7-10(2)3/h10-11H,6-9H2,1-5H3,(H,15,16). The van der Waals surface area contributed by atoms with Crippen molar-refractivity contribution in [1.82, 2.24) is 0 Å². The van der Waals surface area contributed by atoms with Crippen LogP contribution in [0, 0.1) is 17.3 Å². The van der Waals surface area contributed by atoms with E-state index in [0.29, 0.717) is 25.2 Å². The van der Waals surface area contributed by atoms with Crippen LogP contribution < -0.4 is 0 Å². The lowest BCUT2D eigenvalue weighted by Gasteiger charge is -2.29. The molecule has 0 aromatic rings. The molecule has 0 saturated carbocycles. The van der Waals surface area contributed by atoms with Gasteiger partial charge in [0, 0.05) is 0 Å². The van der Waals surface area contributed by atoms with E-state index in [2.05, 4.69) is 0 Å². The number of hydrogen-bond acceptors (Lipinski definition) is 3. The second-order valence-corrected chi connectivity index (χ2v) is 5.64. The Morgan fingerprint density at radius 3 is 2.06 bits per heavy atom. The van der Waals surface area contributed by atoms with Crippen LogP contribution in [-0.2, 0) is 14.3 Å². The summed E-state index contributed by atoms with van der Waals surface area (Å²) in [4.78, 5) is 23.6. The quantitative estimate of drug-likeness (QED) is 0.536. The highest BCUT2D eigenvalue weighted by molar-refractivity contribution is 5.99. The lowest BCUT2D eigenvalue weighted by atomic mass is 9.75. The molecule has 0 aliphatic heterocycles. The predicted molar refractivity (Wildman–Crippen MR) is 70.2 cm³/mol. The van der Waals surface area contributed by atoms with Crippen molar-refractivity contribution < 1.29 is 19.4 Å². The molecule has 0 fully saturated rings. The fraction of sp³-hybridized carbons (Fsp3) is 0.857. The number of carboxylic acids is 1. The highest BCUT2D eigenvalue weighted by Crippen LogP contribution is 2.35. The Balaban J connectivity index is 5.14. The Morgan fingerprint density at radius 2 is 1.72 bits per heavy atom. The fourth-order valence-corrected chi connectivity index (χ4v) is 2.07. The smallest absolute Gasteiger partial charge is 0.323 e. The topological polar surface area (TPSA) is 63.6 Å². The van der Waals surface area contributed by atoms with Crippen LogP contribution in [0.1, 0.15) is 53.9 Å². The average Bonchev–Trinajstić information content (AvgIpc) is 2.23. The zero-order chi connectivity index (χ0) is 14.3. The summed E-state index contributed by atoms with van der Waals surface area (Å²) in [6, 6.07) is 0.